The zero-order chi connectivity index (χ0) is 14.9. The number of para-hydroxylation sites is 1. The van der Waals surface area contributed by atoms with Crippen LogP contribution in [0.2, 0.25) is 0 Å². The van der Waals surface area contributed by atoms with E-state index in [4.69, 9.17) is 14.2 Å². The molecule has 2 aromatic carbocycles. The van der Waals surface area contributed by atoms with E-state index in [0.29, 0.717) is 13.2 Å². The lowest BCUT2D eigenvalue weighted by molar-refractivity contribution is 0.0473. The van der Waals surface area contributed by atoms with Gasteiger partial charge in [-0.3, -0.25) is 0 Å². The first-order valence-electron chi connectivity index (χ1n) is 6.83. The molecular formula is C17H19BrO3. The van der Waals surface area contributed by atoms with Gasteiger partial charge in [0.05, 0.1) is 19.8 Å². The highest BCUT2D eigenvalue weighted by molar-refractivity contribution is 9.09. The normalized spacial score (nSPS) is 11.9. The van der Waals surface area contributed by atoms with Gasteiger partial charge in [0.15, 0.2) is 0 Å². The highest BCUT2D eigenvalue weighted by atomic mass is 79.9. The van der Waals surface area contributed by atoms with Crippen LogP contribution in [-0.2, 0) is 4.74 Å². The Morgan fingerprint density at radius 3 is 2.43 bits per heavy atom. The van der Waals surface area contributed by atoms with Crippen LogP contribution in [0.4, 0.5) is 0 Å². The zero-order valence-electron chi connectivity index (χ0n) is 12.0. The zero-order valence-corrected chi connectivity index (χ0v) is 13.6. The number of ether oxygens (including phenoxy) is 3. The Morgan fingerprint density at radius 1 is 0.952 bits per heavy atom. The molecule has 0 spiro atoms. The van der Waals surface area contributed by atoms with E-state index in [1.807, 2.05) is 54.6 Å². The minimum absolute atomic E-state index is 0.0144. The molecule has 112 valence electrons. The van der Waals surface area contributed by atoms with E-state index in [0.717, 1.165) is 22.4 Å². The maximum Gasteiger partial charge on any atom is 0.119 e. The second kappa shape index (κ2) is 8.70. The van der Waals surface area contributed by atoms with Crippen LogP contribution in [0.15, 0.2) is 54.6 Å². The van der Waals surface area contributed by atoms with Gasteiger partial charge in [0.1, 0.15) is 18.1 Å². The molecule has 0 bridgehead atoms. The summed E-state index contributed by atoms with van der Waals surface area (Å²) in [5, 5.41) is 0.728. The Bertz CT molecular complexity index is 531. The molecule has 3 nitrogen and oxygen atoms in total. The van der Waals surface area contributed by atoms with Gasteiger partial charge in [0.2, 0.25) is 0 Å². The molecule has 0 saturated heterocycles. The molecule has 1 unspecified atom stereocenters. The standard InChI is InChI=1S/C17H19BrO3/c1-19-16-9-5-6-14(12-16)17(13-18)21-11-10-20-15-7-3-2-4-8-15/h2-9,12,17H,10-11,13H2,1H3. The summed E-state index contributed by atoms with van der Waals surface area (Å²) in [5.74, 6) is 1.69. The predicted molar refractivity (Wildman–Crippen MR) is 87.4 cm³/mol. The molecule has 0 fully saturated rings. The minimum Gasteiger partial charge on any atom is -0.497 e. The van der Waals surface area contributed by atoms with Gasteiger partial charge in [-0.2, -0.15) is 0 Å². The maximum atomic E-state index is 5.87. The average molecular weight is 351 g/mol. The van der Waals surface area contributed by atoms with Crippen LogP contribution in [0.3, 0.4) is 0 Å². The minimum atomic E-state index is -0.0144. The molecule has 0 radical (unpaired) electrons. The Kier molecular flexibility index (Phi) is 6.57. The molecule has 0 saturated carbocycles. The second-order valence-corrected chi connectivity index (χ2v) is 5.10. The summed E-state index contributed by atoms with van der Waals surface area (Å²) in [6.45, 7) is 1.06. The lowest BCUT2D eigenvalue weighted by Crippen LogP contribution is -2.12. The fraction of sp³-hybridized carbons (Fsp3) is 0.294. The van der Waals surface area contributed by atoms with Crippen molar-refractivity contribution in [3.05, 3.63) is 60.2 Å². The molecule has 2 aromatic rings. The summed E-state index contributed by atoms with van der Waals surface area (Å²) in [4.78, 5) is 0. The Morgan fingerprint density at radius 2 is 1.71 bits per heavy atom. The van der Waals surface area contributed by atoms with Crippen molar-refractivity contribution in [3.8, 4) is 11.5 Å². The van der Waals surface area contributed by atoms with Crippen LogP contribution in [0.5, 0.6) is 11.5 Å². The molecule has 0 N–H and O–H groups in total. The summed E-state index contributed by atoms with van der Waals surface area (Å²) in [5.41, 5.74) is 1.09. The molecule has 0 aliphatic carbocycles. The van der Waals surface area contributed by atoms with Crippen LogP contribution in [-0.4, -0.2) is 25.7 Å². The molecule has 1 atom stereocenters. The molecule has 0 amide bonds. The Hall–Kier alpha value is -1.52. The quantitative estimate of drug-likeness (QED) is 0.526. The van der Waals surface area contributed by atoms with Crippen LogP contribution < -0.4 is 9.47 Å². The Balaban J connectivity index is 1.82. The van der Waals surface area contributed by atoms with Crippen molar-refractivity contribution in [1.29, 1.82) is 0 Å². The average Bonchev–Trinajstić information content (AvgIpc) is 2.56. The molecular weight excluding hydrogens is 332 g/mol. The summed E-state index contributed by atoms with van der Waals surface area (Å²) >= 11 is 3.49. The fourth-order valence-corrected chi connectivity index (χ4v) is 2.50. The molecule has 21 heavy (non-hydrogen) atoms. The van der Waals surface area contributed by atoms with Gasteiger partial charge in [0.25, 0.3) is 0 Å². The first-order valence-corrected chi connectivity index (χ1v) is 7.95. The summed E-state index contributed by atoms with van der Waals surface area (Å²) in [6, 6.07) is 17.7. The summed E-state index contributed by atoms with van der Waals surface area (Å²) in [6.07, 6.45) is -0.0144. The summed E-state index contributed by atoms with van der Waals surface area (Å²) in [7, 11) is 1.66. The van der Waals surface area contributed by atoms with E-state index in [9.17, 15) is 0 Å². The van der Waals surface area contributed by atoms with E-state index in [1.165, 1.54) is 0 Å². The number of halogens is 1. The molecule has 0 aliphatic heterocycles. The SMILES string of the molecule is COc1cccc(C(CBr)OCCOc2ccccc2)c1. The third-order valence-corrected chi connectivity index (χ3v) is 3.61. The monoisotopic (exact) mass is 350 g/mol. The lowest BCUT2D eigenvalue weighted by Gasteiger charge is -2.17. The van der Waals surface area contributed by atoms with Crippen molar-refractivity contribution in [2.75, 3.05) is 25.7 Å². The largest absolute Gasteiger partial charge is 0.497 e. The number of hydrogen-bond acceptors (Lipinski definition) is 3. The van der Waals surface area contributed by atoms with E-state index in [-0.39, 0.29) is 6.10 Å². The number of methoxy groups -OCH3 is 1. The molecule has 0 aromatic heterocycles. The first kappa shape index (κ1) is 15.9. The molecule has 4 heteroatoms. The van der Waals surface area contributed by atoms with E-state index in [2.05, 4.69) is 15.9 Å². The van der Waals surface area contributed by atoms with Gasteiger partial charge < -0.3 is 14.2 Å². The van der Waals surface area contributed by atoms with Crippen molar-refractivity contribution in [3.63, 3.8) is 0 Å². The highest BCUT2D eigenvalue weighted by Gasteiger charge is 2.11. The lowest BCUT2D eigenvalue weighted by atomic mass is 10.1. The van der Waals surface area contributed by atoms with Crippen LogP contribution in [0.1, 0.15) is 11.7 Å². The number of hydrogen-bond donors (Lipinski definition) is 0. The van der Waals surface area contributed by atoms with Crippen molar-refractivity contribution in [2.24, 2.45) is 0 Å². The van der Waals surface area contributed by atoms with Crippen molar-refractivity contribution >= 4 is 15.9 Å². The first-order chi connectivity index (χ1) is 10.3. The molecule has 0 aliphatic rings. The third-order valence-electron chi connectivity index (χ3n) is 3.02. The molecule has 0 heterocycles. The molecule has 2 rings (SSSR count). The third kappa shape index (κ3) is 5.06. The van der Waals surface area contributed by atoms with E-state index >= 15 is 0 Å². The van der Waals surface area contributed by atoms with Crippen LogP contribution in [0, 0.1) is 0 Å². The fourth-order valence-electron chi connectivity index (χ4n) is 1.94. The summed E-state index contributed by atoms with van der Waals surface area (Å²) < 4.78 is 16.7. The number of rotatable bonds is 8. The maximum absolute atomic E-state index is 5.87. The van der Waals surface area contributed by atoms with Crippen molar-refractivity contribution in [1.82, 2.24) is 0 Å². The number of benzene rings is 2. The Labute approximate surface area is 134 Å². The van der Waals surface area contributed by atoms with Crippen LogP contribution in [0.25, 0.3) is 0 Å². The van der Waals surface area contributed by atoms with Crippen LogP contribution >= 0.6 is 15.9 Å². The van der Waals surface area contributed by atoms with E-state index < -0.39 is 0 Å². The van der Waals surface area contributed by atoms with Gasteiger partial charge >= 0.3 is 0 Å². The van der Waals surface area contributed by atoms with Gasteiger partial charge in [-0.1, -0.05) is 46.3 Å². The number of alkyl halides is 1. The predicted octanol–water partition coefficient (Wildman–Crippen LogP) is 4.23. The van der Waals surface area contributed by atoms with Crippen molar-refractivity contribution < 1.29 is 14.2 Å². The van der Waals surface area contributed by atoms with Gasteiger partial charge in [-0.25, -0.2) is 0 Å². The van der Waals surface area contributed by atoms with E-state index in [1.54, 1.807) is 7.11 Å². The smallest absolute Gasteiger partial charge is 0.119 e. The van der Waals surface area contributed by atoms with Gasteiger partial charge in [0, 0.05) is 5.33 Å². The van der Waals surface area contributed by atoms with Gasteiger partial charge in [-0.15, -0.1) is 0 Å². The van der Waals surface area contributed by atoms with Gasteiger partial charge in [-0.05, 0) is 29.8 Å². The topological polar surface area (TPSA) is 27.7 Å². The second-order valence-electron chi connectivity index (χ2n) is 4.45. The highest BCUT2D eigenvalue weighted by Crippen LogP contribution is 2.23. The van der Waals surface area contributed by atoms with Crippen molar-refractivity contribution in [2.45, 2.75) is 6.10 Å².